The molecular weight excluding hydrogens is 210 g/mol. The molecule has 1 aromatic rings. The summed E-state index contributed by atoms with van der Waals surface area (Å²) in [5, 5.41) is 13.1. The van der Waals surface area contributed by atoms with Gasteiger partial charge in [-0.05, 0) is 30.9 Å². The minimum absolute atomic E-state index is 0.342. The van der Waals surface area contributed by atoms with Crippen LogP contribution in [0.2, 0.25) is 0 Å². The Balaban J connectivity index is 2.02. The summed E-state index contributed by atoms with van der Waals surface area (Å²) in [7, 11) is 0. The summed E-state index contributed by atoms with van der Waals surface area (Å²) in [5.41, 5.74) is 1.82. The molecule has 1 saturated heterocycles. The fourth-order valence-electron chi connectivity index (χ4n) is 2.95. The second-order valence-corrected chi connectivity index (χ2v) is 5.12. The molecule has 3 heterocycles. The van der Waals surface area contributed by atoms with Gasteiger partial charge in [0.15, 0.2) is 0 Å². The third kappa shape index (κ3) is 1.65. The molecule has 2 aliphatic rings. The molecule has 0 amide bonds. The quantitative estimate of drug-likeness (QED) is 0.742. The monoisotopic (exact) mass is 225 g/mol. The maximum absolute atomic E-state index is 9.62. The van der Waals surface area contributed by atoms with Gasteiger partial charge >= 0.3 is 0 Å². The maximum Gasteiger partial charge on any atom is 0.0873 e. The van der Waals surface area contributed by atoms with E-state index < -0.39 is 0 Å². The highest BCUT2D eigenvalue weighted by atomic mass is 15.0. The maximum atomic E-state index is 9.62. The zero-order valence-electron chi connectivity index (χ0n) is 9.85. The first-order valence-corrected chi connectivity index (χ1v) is 6.00. The molecule has 0 radical (unpaired) electrons. The number of aromatic nitrogens is 1. The lowest BCUT2D eigenvalue weighted by atomic mass is 9.72. The van der Waals surface area contributed by atoms with E-state index >= 15 is 0 Å². The van der Waals surface area contributed by atoms with E-state index in [9.17, 15) is 5.26 Å². The van der Waals surface area contributed by atoms with Crippen molar-refractivity contribution in [2.75, 3.05) is 0 Å². The lowest BCUT2D eigenvalue weighted by Gasteiger charge is -2.36. The van der Waals surface area contributed by atoms with Gasteiger partial charge in [-0.25, -0.2) is 0 Å². The minimum Gasteiger partial charge on any atom is -0.304 e. The first-order valence-electron chi connectivity index (χ1n) is 6.00. The highest BCUT2D eigenvalue weighted by Gasteiger charge is 2.43. The van der Waals surface area contributed by atoms with Crippen molar-refractivity contribution in [3.63, 3.8) is 0 Å². The summed E-state index contributed by atoms with van der Waals surface area (Å²) in [6.07, 6.45) is 9.76. The Kier molecular flexibility index (Phi) is 2.27. The van der Waals surface area contributed by atoms with E-state index in [4.69, 9.17) is 0 Å². The Morgan fingerprint density at radius 3 is 2.65 bits per heavy atom. The normalized spacial score (nSPS) is 34.6. The Bertz CT molecular complexity index is 498. The van der Waals surface area contributed by atoms with Gasteiger partial charge in [-0.15, -0.1) is 0 Å². The van der Waals surface area contributed by atoms with Crippen LogP contribution >= 0.6 is 0 Å². The number of hydrogen-bond donors (Lipinski definition) is 1. The molecule has 0 spiro atoms. The van der Waals surface area contributed by atoms with Gasteiger partial charge in [-0.2, -0.15) is 5.26 Å². The SMILES string of the molecule is Cc1cncc(C2(C#N)C[C@H]3C=C[C@@H](C2)N3)c1. The fraction of sp³-hybridized carbons (Fsp3) is 0.429. The zero-order chi connectivity index (χ0) is 11.9. The van der Waals surface area contributed by atoms with Gasteiger partial charge < -0.3 is 5.32 Å². The molecule has 3 atom stereocenters. The summed E-state index contributed by atoms with van der Waals surface area (Å²) in [6.45, 7) is 2.02. The highest BCUT2D eigenvalue weighted by Crippen LogP contribution is 2.39. The van der Waals surface area contributed by atoms with Crippen molar-refractivity contribution in [3.8, 4) is 6.07 Å². The van der Waals surface area contributed by atoms with Crippen LogP contribution in [-0.4, -0.2) is 17.1 Å². The lowest BCUT2D eigenvalue weighted by molar-refractivity contribution is 0.319. The van der Waals surface area contributed by atoms with Gasteiger partial charge in [0.2, 0.25) is 0 Å². The summed E-state index contributed by atoms with van der Waals surface area (Å²) >= 11 is 0. The van der Waals surface area contributed by atoms with E-state index in [1.165, 1.54) is 0 Å². The first kappa shape index (κ1) is 10.5. The van der Waals surface area contributed by atoms with Gasteiger partial charge in [0.05, 0.1) is 11.5 Å². The number of piperidine rings is 1. The summed E-state index contributed by atoms with van der Waals surface area (Å²) < 4.78 is 0. The number of nitrogens with zero attached hydrogens (tertiary/aromatic N) is 2. The number of hydrogen-bond acceptors (Lipinski definition) is 3. The van der Waals surface area contributed by atoms with Crippen LogP contribution in [-0.2, 0) is 5.41 Å². The molecule has 1 fully saturated rings. The number of nitriles is 1. The molecule has 0 aromatic carbocycles. The molecule has 1 N–H and O–H groups in total. The first-order chi connectivity index (χ1) is 8.22. The van der Waals surface area contributed by atoms with Crippen LogP contribution < -0.4 is 5.32 Å². The van der Waals surface area contributed by atoms with Crippen LogP contribution in [0.5, 0.6) is 0 Å². The summed E-state index contributed by atoms with van der Waals surface area (Å²) in [5.74, 6) is 0. The van der Waals surface area contributed by atoms with Gasteiger partial charge in [0.1, 0.15) is 0 Å². The van der Waals surface area contributed by atoms with Gasteiger partial charge in [-0.3, -0.25) is 4.98 Å². The second-order valence-electron chi connectivity index (χ2n) is 5.12. The van der Waals surface area contributed by atoms with E-state index in [1.807, 2.05) is 19.3 Å². The van der Waals surface area contributed by atoms with Crippen molar-refractivity contribution in [2.24, 2.45) is 0 Å². The average Bonchev–Trinajstić information content (AvgIpc) is 2.69. The van der Waals surface area contributed by atoms with Crippen molar-refractivity contribution in [1.82, 2.24) is 10.3 Å². The van der Waals surface area contributed by atoms with E-state index in [1.54, 1.807) is 0 Å². The molecular formula is C14H15N3. The number of nitrogens with one attached hydrogen (secondary N) is 1. The molecule has 2 bridgehead atoms. The van der Waals surface area contributed by atoms with Crippen LogP contribution in [0.25, 0.3) is 0 Å². The Morgan fingerprint density at radius 1 is 1.35 bits per heavy atom. The molecule has 1 unspecified atom stereocenters. The van der Waals surface area contributed by atoms with Crippen LogP contribution in [0.3, 0.4) is 0 Å². The predicted octanol–water partition coefficient (Wildman–Crippen LogP) is 1.84. The standard InChI is InChI=1S/C14H15N3/c1-10-4-11(8-16-7-10)14(9-15)5-12-2-3-13(6-14)17-12/h2-4,7-8,12-13,17H,5-6H2,1H3/t12-,13+,14?. The average molecular weight is 225 g/mol. The number of pyridine rings is 1. The molecule has 0 aliphatic carbocycles. The molecule has 0 saturated carbocycles. The number of aryl methyl sites for hydroxylation is 1. The van der Waals surface area contributed by atoms with Crippen LogP contribution in [0.1, 0.15) is 24.0 Å². The Labute approximate surface area is 101 Å². The third-order valence-electron chi connectivity index (χ3n) is 3.78. The van der Waals surface area contributed by atoms with Crippen molar-refractivity contribution < 1.29 is 0 Å². The zero-order valence-corrected chi connectivity index (χ0v) is 9.85. The Hall–Kier alpha value is -1.66. The lowest BCUT2D eigenvalue weighted by Crippen LogP contribution is -2.46. The minimum atomic E-state index is -0.372. The fourth-order valence-corrected chi connectivity index (χ4v) is 2.95. The van der Waals surface area contributed by atoms with Crippen molar-refractivity contribution in [1.29, 1.82) is 5.26 Å². The van der Waals surface area contributed by atoms with E-state index in [2.05, 4.69) is 34.6 Å². The van der Waals surface area contributed by atoms with Crippen LogP contribution in [0, 0.1) is 18.3 Å². The molecule has 17 heavy (non-hydrogen) atoms. The summed E-state index contributed by atoms with van der Waals surface area (Å²) in [6, 6.07) is 5.32. The molecule has 3 nitrogen and oxygen atoms in total. The Morgan fingerprint density at radius 2 is 2.06 bits per heavy atom. The molecule has 86 valence electrons. The van der Waals surface area contributed by atoms with Crippen LogP contribution in [0.4, 0.5) is 0 Å². The molecule has 1 aromatic heterocycles. The van der Waals surface area contributed by atoms with Gasteiger partial charge in [0, 0.05) is 24.5 Å². The predicted molar refractivity (Wildman–Crippen MR) is 65.4 cm³/mol. The molecule has 3 heteroatoms. The smallest absolute Gasteiger partial charge is 0.0873 e. The summed E-state index contributed by atoms with van der Waals surface area (Å²) in [4.78, 5) is 4.23. The van der Waals surface area contributed by atoms with Gasteiger partial charge in [0.25, 0.3) is 0 Å². The van der Waals surface area contributed by atoms with Gasteiger partial charge in [-0.1, -0.05) is 18.2 Å². The van der Waals surface area contributed by atoms with Crippen molar-refractivity contribution in [3.05, 3.63) is 41.7 Å². The largest absolute Gasteiger partial charge is 0.304 e. The van der Waals surface area contributed by atoms with E-state index in [0.717, 1.165) is 24.0 Å². The van der Waals surface area contributed by atoms with Crippen molar-refractivity contribution >= 4 is 0 Å². The second kappa shape index (κ2) is 3.68. The highest BCUT2D eigenvalue weighted by molar-refractivity contribution is 5.37. The molecule has 2 aliphatic heterocycles. The molecule has 3 rings (SSSR count). The van der Waals surface area contributed by atoms with E-state index in [-0.39, 0.29) is 5.41 Å². The third-order valence-corrected chi connectivity index (χ3v) is 3.78. The van der Waals surface area contributed by atoms with E-state index in [0.29, 0.717) is 12.1 Å². The van der Waals surface area contributed by atoms with Crippen LogP contribution in [0.15, 0.2) is 30.6 Å². The van der Waals surface area contributed by atoms with Crippen molar-refractivity contribution in [2.45, 2.75) is 37.3 Å². The number of rotatable bonds is 1. The number of fused-ring (bicyclic) bond motifs is 2. The topological polar surface area (TPSA) is 48.7 Å².